The summed E-state index contributed by atoms with van der Waals surface area (Å²) < 4.78 is 10.8. The summed E-state index contributed by atoms with van der Waals surface area (Å²) in [7, 11) is 0. The third-order valence-corrected chi connectivity index (χ3v) is 2.97. The van der Waals surface area contributed by atoms with E-state index in [-0.39, 0.29) is 0 Å². The van der Waals surface area contributed by atoms with E-state index in [4.69, 9.17) is 20.4 Å². The lowest BCUT2D eigenvalue weighted by atomic mass is 10.1. The van der Waals surface area contributed by atoms with Crippen molar-refractivity contribution < 1.29 is 8.83 Å². The van der Waals surface area contributed by atoms with E-state index in [9.17, 15) is 0 Å². The average Bonchev–Trinajstić information content (AvgIpc) is 3.06. The number of hydrogen-bond donors (Lipinski definition) is 1. The van der Waals surface area contributed by atoms with Gasteiger partial charge in [0, 0.05) is 12.6 Å². The van der Waals surface area contributed by atoms with Gasteiger partial charge in [0.1, 0.15) is 5.76 Å². The first kappa shape index (κ1) is 12.7. The third kappa shape index (κ3) is 2.67. The quantitative estimate of drug-likeness (QED) is 0.789. The maximum atomic E-state index is 5.74. The van der Waals surface area contributed by atoms with E-state index in [0.29, 0.717) is 23.5 Å². The van der Waals surface area contributed by atoms with Crippen molar-refractivity contribution >= 4 is 17.3 Å². The fourth-order valence-corrected chi connectivity index (χ4v) is 2.02. The molecular formula is C14H12ClN3O2. The van der Waals surface area contributed by atoms with Crippen LogP contribution in [0.15, 0.2) is 45.2 Å². The number of aromatic nitrogens is 2. The predicted octanol–water partition coefficient (Wildman–Crippen LogP) is 3.90. The molecule has 1 aromatic carbocycles. The molecule has 0 aliphatic rings. The van der Waals surface area contributed by atoms with Gasteiger partial charge in [-0.25, -0.2) is 0 Å². The van der Waals surface area contributed by atoms with Gasteiger partial charge in [0.25, 0.3) is 0 Å². The standard InChI is InChI=1S/C14H12ClN3O2/c1-9-17-18-14(19-9)11-4-2-3-5-12(11)16-8-10-6-7-13(15)20-10/h2-7,16H,8H2,1H3. The Hall–Kier alpha value is -2.27. The topological polar surface area (TPSA) is 64.1 Å². The van der Waals surface area contributed by atoms with Gasteiger partial charge in [-0.05, 0) is 35.9 Å². The summed E-state index contributed by atoms with van der Waals surface area (Å²) in [5.41, 5.74) is 1.74. The number of furan rings is 1. The lowest BCUT2D eigenvalue weighted by molar-refractivity contribution is 0.519. The van der Waals surface area contributed by atoms with Crippen LogP contribution in [-0.2, 0) is 6.54 Å². The zero-order valence-electron chi connectivity index (χ0n) is 10.8. The van der Waals surface area contributed by atoms with Crippen molar-refractivity contribution in [1.82, 2.24) is 10.2 Å². The number of aryl methyl sites for hydroxylation is 1. The number of benzene rings is 1. The van der Waals surface area contributed by atoms with Gasteiger partial charge in [-0.2, -0.15) is 0 Å². The molecule has 3 aromatic rings. The van der Waals surface area contributed by atoms with Crippen molar-refractivity contribution in [1.29, 1.82) is 0 Å². The highest BCUT2D eigenvalue weighted by atomic mass is 35.5. The predicted molar refractivity (Wildman–Crippen MR) is 75.5 cm³/mol. The number of anilines is 1. The Morgan fingerprint density at radius 2 is 1.95 bits per heavy atom. The van der Waals surface area contributed by atoms with Gasteiger partial charge in [-0.15, -0.1) is 10.2 Å². The molecule has 0 bridgehead atoms. The minimum absolute atomic E-state index is 0.377. The number of nitrogens with one attached hydrogen (secondary N) is 1. The Labute approximate surface area is 120 Å². The van der Waals surface area contributed by atoms with E-state index in [1.807, 2.05) is 30.3 Å². The van der Waals surface area contributed by atoms with E-state index < -0.39 is 0 Å². The van der Waals surface area contributed by atoms with Gasteiger partial charge in [-0.3, -0.25) is 0 Å². The van der Waals surface area contributed by atoms with Crippen LogP contribution in [0.4, 0.5) is 5.69 Å². The minimum Gasteiger partial charge on any atom is -0.448 e. The van der Waals surface area contributed by atoms with Gasteiger partial charge >= 0.3 is 0 Å². The van der Waals surface area contributed by atoms with Crippen LogP contribution in [0, 0.1) is 6.92 Å². The highest BCUT2D eigenvalue weighted by Crippen LogP contribution is 2.27. The Morgan fingerprint density at radius 3 is 2.65 bits per heavy atom. The zero-order chi connectivity index (χ0) is 13.9. The van der Waals surface area contributed by atoms with Crippen molar-refractivity contribution in [2.45, 2.75) is 13.5 Å². The van der Waals surface area contributed by atoms with Crippen molar-refractivity contribution in [3.05, 3.63) is 53.3 Å². The van der Waals surface area contributed by atoms with Crippen LogP contribution in [0.25, 0.3) is 11.5 Å². The zero-order valence-corrected chi connectivity index (χ0v) is 11.5. The summed E-state index contributed by atoms with van der Waals surface area (Å²) in [5, 5.41) is 11.5. The second kappa shape index (κ2) is 5.38. The van der Waals surface area contributed by atoms with Crippen molar-refractivity contribution in [3.63, 3.8) is 0 Å². The maximum absolute atomic E-state index is 5.74. The third-order valence-electron chi connectivity index (χ3n) is 2.77. The smallest absolute Gasteiger partial charge is 0.249 e. The molecule has 5 nitrogen and oxygen atoms in total. The van der Waals surface area contributed by atoms with Crippen LogP contribution in [0.2, 0.25) is 5.22 Å². The maximum Gasteiger partial charge on any atom is 0.249 e. The highest BCUT2D eigenvalue weighted by Gasteiger charge is 2.11. The van der Waals surface area contributed by atoms with Gasteiger partial charge in [0.15, 0.2) is 5.22 Å². The lowest BCUT2D eigenvalue weighted by Gasteiger charge is -2.08. The molecule has 0 unspecified atom stereocenters. The molecule has 102 valence electrons. The van der Waals surface area contributed by atoms with E-state index in [0.717, 1.165) is 17.0 Å². The minimum atomic E-state index is 0.377. The molecular weight excluding hydrogens is 278 g/mol. The SMILES string of the molecule is Cc1nnc(-c2ccccc2NCc2ccc(Cl)o2)o1. The molecule has 3 rings (SSSR count). The number of halogens is 1. The first-order valence-electron chi connectivity index (χ1n) is 6.10. The van der Waals surface area contributed by atoms with Gasteiger partial charge in [0.05, 0.1) is 12.1 Å². The fourth-order valence-electron chi connectivity index (χ4n) is 1.86. The number of hydrogen-bond acceptors (Lipinski definition) is 5. The molecule has 0 spiro atoms. The largest absolute Gasteiger partial charge is 0.448 e. The van der Waals surface area contributed by atoms with E-state index in [1.165, 1.54) is 0 Å². The lowest BCUT2D eigenvalue weighted by Crippen LogP contribution is -1.99. The van der Waals surface area contributed by atoms with Crippen LogP contribution in [0.3, 0.4) is 0 Å². The molecule has 1 N–H and O–H groups in total. The van der Waals surface area contributed by atoms with Crippen molar-refractivity contribution in [2.24, 2.45) is 0 Å². The molecule has 0 atom stereocenters. The highest BCUT2D eigenvalue weighted by molar-refractivity contribution is 6.28. The molecule has 0 radical (unpaired) electrons. The summed E-state index contributed by atoms with van der Waals surface area (Å²) in [6.45, 7) is 2.29. The van der Waals surface area contributed by atoms with E-state index in [1.54, 1.807) is 13.0 Å². The molecule has 0 fully saturated rings. The summed E-state index contributed by atoms with van der Waals surface area (Å²) in [6, 6.07) is 11.3. The summed E-state index contributed by atoms with van der Waals surface area (Å²) in [4.78, 5) is 0. The molecule has 0 aliphatic carbocycles. The summed E-state index contributed by atoms with van der Waals surface area (Å²) in [5.74, 6) is 1.78. The molecule has 0 saturated carbocycles. The normalized spacial score (nSPS) is 10.7. The summed E-state index contributed by atoms with van der Waals surface area (Å²) in [6.07, 6.45) is 0. The Balaban J connectivity index is 1.83. The van der Waals surface area contributed by atoms with Crippen LogP contribution in [0.5, 0.6) is 0 Å². The first-order chi connectivity index (χ1) is 9.72. The monoisotopic (exact) mass is 289 g/mol. The molecule has 20 heavy (non-hydrogen) atoms. The van der Waals surface area contributed by atoms with Gasteiger partial charge in [0.2, 0.25) is 11.8 Å². The van der Waals surface area contributed by atoms with E-state index in [2.05, 4.69) is 15.5 Å². The molecule has 2 aromatic heterocycles. The molecule has 2 heterocycles. The molecule has 6 heteroatoms. The van der Waals surface area contributed by atoms with Crippen molar-refractivity contribution in [2.75, 3.05) is 5.32 Å². The average molecular weight is 290 g/mol. The number of para-hydroxylation sites is 1. The molecule has 0 aliphatic heterocycles. The Kier molecular flexibility index (Phi) is 3.43. The Morgan fingerprint density at radius 1 is 1.10 bits per heavy atom. The number of nitrogens with zero attached hydrogens (tertiary/aromatic N) is 2. The first-order valence-corrected chi connectivity index (χ1v) is 6.48. The molecule has 0 saturated heterocycles. The van der Waals surface area contributed by atoms with Gasteiger partial charge in [-0.1, -0.05) is 12.1 Å². The van der Waals surface area contributed by atoms with Gasteiger partial charge < -0.3 is 14.2 Å². The number of rotatable bonds is 4. The van der Waals surface area contributed by atoms with Crippen LogP contribution in [-0.4, -0.2) is 10.2 Å². The Bertz CT molecular complexity index is 721. The van der Waals surface area contributed by atoms with Crippen LogP contribution < -0.4 is 5.32 Å². The van der Waals surface area contributed by atoms with Crippen LogP contribution in [0.1, 0.15) is 11.7 Å². The van der Waals surface area contributed by atoms with Crippen LogP contribution >= 0.6 is 11.6 Å². The van der Waals surface area contributed by atoms with E-state index >= 15 is 0 Å². The second-order valence-corrected chi connectivity index (χ2v) is 4.60. The van der Waals surface area contributed by atoms with Crippen molar-refractivity contribution in [3.8, 4) is 11.5 Å². The fraction of sp³-hybridized carbons (Fsp3) is 0.143. The molecule has 0 amide bonds. The summed E-state index contributed by atoms with van der Waals surface area (Å²) >= 11 is 5.74. The second-order valence-electron chi connectivity index (χ2n) is 4.23.